The molecule has 1 aromatic carbocycles. The molecule has 0 bridgehead atoms. The number of fused-ring (bicyclic) bond motifs is 1. The molecule has 13 heavy (non-hydrogen) atoms. The second kappa shape index (κ2) is 4.10. The van der Waals surface area contributed by atoms with Crippen molar-refractivity contribution in [1.82, 2.24) is 4.98 Å². The zero-order chi connectivity index (χ0) is 8.39. The first-order chi connectivity index (χ1) is 5.92. The topological polar surface area (TPSA) is 22.1 Å². The summed E-state index contributed by atoms with van der Waals surface area (Å²) in [5.41, 5.74) is 0.919. The molecule has 2 rings (SSSR count). The van der Waals surface area contributed by atoms with Crippen LogP contribution in [0, 0.1) is 0 Å². The standard InChI is InChI=1S/C10H9NO.ClH/c1-12-9-6-2-4-8-5-3-7-11-10(8)9;/h2-7H,1H3;1H. The molecule has 2 aromatic rings. The average molecular weight is 196 g/mol. The van der Waals surface area contributed by atoms with Crippen molar-refractivity contribution in [3.05, 3.63) is 36.5 Å². The summed E-state index contributed by atoms with van der Waals surface area (Å²) in [4.78, 5) is 4.23. The van der Waals surface area contributed by atoms with Gasteiger partial charge in [0.25, 0.3) is 0 Å². The highest BCUT2D eigenvalue weighted by Gasteiger charge is 1.98. The molecule has 0 aliphatic heterocycles. The molecule has 1 heterocycles. The third-order valence-electron chi connectivity index (χ3n) is 1.82. The van der Waals surface area contributed by atoms with Gasteiger partial charge in [0.05, 0.1) is 7.11 Å². The van der Waals surface area contributed by atoms with Crippen LogP contribution in [-0.4, -0.2) is 12.1 Å². The summed E-state index contributed by atoms with van der Waals surface area (Å²) < 4.78 is 5.16. The summed E-state index contributed by atoms with van der Waals surface area (Å²) in [5.74, 6) is 0.827. The number of rotatable bonds is 1. The lowest BCUT2D eigenvalue weighted by molar-refractivity contribution is 0.419. The van der Waals surface area contributed by atoms with Gasteiger partial charge < -0.3 is 4.74 Å². The van der Waals surface area contributed by atoms with Crippen molar-refractivity contribution in [3.63, 3.8) is 0 Å². The number of benzene rings is 1. The van der Waals surface area contributed by atoms with E-state index in [0.29, 0.717) is 0 Å². The molecule has 0 saturated carbocycles. The number of hydrogen-bond acceptors (Lipinski definition) is 2. The lowest BCUT2D eigenvalue weighted by atomic mass is 10.2. The lowest BCUT2D eigenvalue weighted by Gasteiger charge is -2.02. The predicted molar refractivity (Wildman–Crippen MR) is 55.5 cm³/mol. The van der Waals surface area contributed by atoms with E-state index in [1.165, 1.54) is 0 Å². The Kier molecular flexibility index (Phi) is 3.09. The van der Waals surface area contributed by atoms with E-state index < -0.39 is 0 Å². The van der Waals surface area contributed by atoms with Crippen LogP contribution < -0.4 is 4.74 Å². The fourth-order valence-electron chi connectivity index (χ4n) is 1.24. The summed E-state index contributed by atoms with van der Waals surface area (Å²) in [6, 6.07) is 9.83. The smallest absolute Gasteiger partial charge is 0.145 e. The number of ether oxygens (including phenoxy) is 1. The van der Waals surface area contributed by atoms with Crippen LogP contribution in [0.25, 0.3) is 10.9 Å². The van der Waals surface area contributed by atoms with Gasteiger partial charge in [0.2, 0.25) is 0 Å². The maximum Gasteiger partial charge on any atom is 0.145 e. The van der Waals surface area contributed by atoms with E-state index in [9.17, 15) is 0 Å². The average Bonchev–Trinajstić information content (AvgIpc) is 2.17. The highest BCUT2D eigenvalue weighted by Crippen LogP contribution is 2.21. The van der Waals surface area contributed by atoms with Gasteiger partial charge in [0, 0.05) is 11.6 Å². The summed E-state index contributed by atoms with van der Waals surface area (Å²) >= 11 is 0. The number of para-hydroxylation sites is 1. The molecule has 0 atom stereocenters. The van der Waals surface area contributed by atoms with Gasteiger partial charge in [0.1, 0.15) is 11.3 Å². The molecule has 1 aromatic heterocycles. The van der Waals surface area contributed by atoms with Gasteiger partial charge in [-0.1, -0.05) is 18.2 Å². The minimum Gasteiger partial charge on any atom is -0.494 e. The summed E-state index contributed by atoms with van der Waals surface area (Å²) in [6.07, 6.45) is 1.77. The molecule has 0 saturated heterocycles. The van der Waals surface area contributed by atoms with Crippen molar-refractivity contribution >= 4 is 23.3 Å². The Morgan fingerprint density at radius 1 is 1.15 bits per heavy atom. The van der Waals surface area contributed by atoms with Crippen molar-refractivity contribution in [1.29, 1.82) is 0 Å². The fourth-order valence-corrected chi connectivity index (χ4v) is 1.24. The molecular formula is C10H10ClNO. The van der Waals surface area contributed by atoms with Crippen LogP contribution >= 0.6 is 12.4 Å². The molecule has 0 spiro atoms. The van der Waals surface area contributed by atoms with Gasteiger partial charge in [-0.3, -0.25) is 4.98 Å². The molecule has 0 radical (unpaired) electrons. The van der Waals surface area contributed by atoms with E-state index in [0.717, 1.165) is 16.7 Å². The molecule has 0 amide bonds. The quantitative estimate of drug-likeness (QED) is 0.698. The highest BCUT2D eigenvalue weighted by atomic mass is 35.5. The highest BCUT2D eigenvalue weighted by molar-refractivity contribution is 5.85. The second-order valence-corrected chi connectivity index (χ2v) is 2.54. The Morgan fingerprint density at radius 2 is 1.92 bits per heavy atom. The third kappa shape index (κ3) is 1.73. The monoisotopic (exact) mass is 195 g/mol. The number of halogens is 1. The Labute approximate surface area is 83.0 Å². The van der Waals surface area contributed by atoms with Gasteiger partial charge in [-0.05, 0) is 12.1 Å². The van der Waals surface area contributed by atoms with Crippen LogP contribution in [0.4, 0.5) is 0 Å². The van der Waals surface area contributed by atoms with Crippen molar-refractivity contribution < 1.29 is 4.74 Å². The Bertz CT molecular complexity index is 398. The van der Waals surface area contributed by atoms with Crippen LogP contribution in [0.3, 0.4) is 0 Å². The molecule has 3 heteroatoms. The van der Waals surface area contributed by atoms with Crippen LogP contribution in [0.15, 0.2) is 36.5 Å². The minimum atomic E-state index is 0. The number of nitrogens with zero attached hydrogens (tertiary/aromatic N) is 1. The van der Waals surface area contributed by atoms with Crippen LogP contribution in [-0.2, 0) is 0 Å². The van der Waals surface area contributed by atoms with Crippen LogP contribution in [0.2, 0.25) is 0 Å². The van der Waals surface area contributed by atoms with Gasteiger partial charge >= 0.3 is 0 Å². The maximum absolute atomic E-state index is 5.16. The number of hydrogen-bond donors (Lipinski definition) is 0. The normalized spacial score (nSPS) is 9.31. The molecular weight excluding hydrogens is 186 g/mol. The van der Waals surface area contributed by atoms with Crippen LogP contribution in [0.1, 0.15) is 0 Å². The zero-order valence-electron chi connectivity index (χ0n) is 7.23. The minimum absolute atomic E-state index is 0. The zero-order valence-corrected chi connectivity index (χ0v) is 8.04. The van der Waals surface area contributed by atoms with E-state index in [1.807, 2.05) is 30.3 Å². The Hall–Kier alpha value is -1.28. The molecule has 0 unspecified atom stereocenters. The SMILES string of the molecule is COc1cccc2cccnc12.Cl. The molecule has 2 nitrogen and oxygen atoms in total. The molecule has 0 aliphatic carbocycles. The Balaban J connectivity index is 0.000000845. The van der Waals surface area contributed by atoms with Crippen molar-refractivity contribution in [2.75, 3.05) is 7.11 Å². The van der Waals surface area contributed by atoms with Crippen molar-refractivity contribution in [2.45, 2.75) is 0 Å². The summed E-state index contributed by atoms with van der Waals surface area (Å²) in [7, 11) is 1.66. The van der Waals surface area contributed by atoms with Crippen molar-refractivity contribution in [3.8, 4) is 5.75 Å². The lowest BCUT2D eigenvalue weighted by Crippen LogP contribution is -1.85. The van der Waals surface area contributed by atoms with Gasteiger partial charge in [-0.15, -0.1) is 12.4 Å². The maximum atomic E-state index is 5.16. The van der Waals surface area contributed by atoms with Gasteiger partial charge in [-0.25, -0.2) is 0 Å². The van der Waals surface area contributed by atoms with E-state index in [-0.39, 0.29) is 12.4 Å². The van der Waals surface area contributed by atoms with Gasteiger partial charge in [-0.2, -0.15) is 0 Å². The largest absolute Gasteiger partial charge is 0.494 e. The molecule has 0 fully saturated rings. The first-order valence-corrected chi connectivity index (χ1v) is 3.79. The molecule has 0 N–H and O–H groups in total. The summed E-state index contributed by atoms with van der Waals surface area (Å²) in [5, 5.41) is 1.11. The van der Waals surface area contributed by atoms with E-state index in [4.69, 9.17) is 4.74 Å². The number of aromatic nitrogens is 1. The number of pyridine rings is 1. The number of methoxy groups -OCH3 is 1. The second-order valence-electron chi connectivity index (χ2n) is 2.54. The first-order valence-electron chi connectivity index (χ1n) is 3.79. The van der Waals surface area contributed by atoms with Crippen molar-refractivity contribution in [2.24, 2.45) is 0 Å². The van der Waals surface area contributed by atoms with Gasteiger partial charge in [0.15, 0.2) is 0 Å². The first kappa shape index (κ1) is 9.81. The van der Waals surface area contributed by atoms with Crippen LogP contribution in [0.5, 0.6) is 5.75 Å². The fraction of sp³-hybridized carbons (Fsp3) is 0.100. The third-order valence-corrected chi connectivity index (χ3v) is 1.82. The summed E-state index contributed by atoms with van der Waals surface area (Å²) in [6.45, 7) is 0. The predicted octanol–water partition coefficient (Wildman–Crippen LogP) is 2.67. The van der Waals surface area contributed by atoms with E-state index in [1.54, 1.807) is 13.3 Å². The van der Waals surface area contributed by atoms with E-state index >= 15 is 0 Å². The molecule has 68 valence electrons. The Morgan fingerprint density at radius 3 is 2.69 bits per heavy atom. The van der Waals surface area contributed by atoms with E-state index in [2.05, 4.69) is 4.98 Å². The molecule has 0 aliphatic rings.